The monoisotopic (exact) mass is 354 g/mol. The van der Waals surface area contributed by atoms with Gasteiger partial charge in [0.05, 0.1) is 5.69 Å². The van der Waals surface area contributed by atoms with Crippen LogP contribution in [0, 0.1) is 6.92 Å². The number of aryl methyl sites for hydroxylation is 1. The zero-order valence-corrected chi connectivity index (χ0v) is 16.0. The van der Waals surface area contributed by atoms with Crippen LogP contribution < -0.4 is 5.32 Å². The van der Waals surface area contributed by atoms with Crippen molar-refractivity contribution in [3.05, 3.63) is 47.5 Å². The number of fused-ring (bicyclic) bond motifs is 1. The standard InChI is InChI=1S/C20H26N4O2/c1-13(2)19-18(14(3)22-26-19)20(25)21-16-6-7-17-15(12-16)8-9-24(17)11-10-23(4)5/h6-9,12-13H,10-11H2,1-5H3,(H,21,25). The first-order valence-electron chi connectivity index (χ1n) is 8.88. The predicted molar refractivity (Wildman–Crippen MR) is 104 cm³/mol. The number of hydrogen-bond acceptors (Lipinski definition) is 4. The number of likely N-dealkylation sites (N-methyl/N-ethyl adjacent to an activating group) is 1. The maximum atomic E-state index is 12.7. The number of nitrogens with zero attached hydrogens (tertiary/aromatic N) is 3. The van der Waals surface area contributed by atoms with Crippen LogP contribution in [0.1, 0.15) is 41.6 Å². The Balaban J connectivity index is 1.81. The fourth-order valence-corrected chi connectivity index (χ4v) is 3.03. The third-order valence-corrected chi connectivity index (χ3v) is 4.46. The number of carbonyl (C=O) groups is 1. The zero-order chi connectivity index (χ0) is 18.8. The number of nitrogens with one attached hydrogen (secondary N) is 1. The van der Waals surface area contributed by atoms with Gasteiger partial charge in [-0.25, -0.2) is 0 Å². The topological polar surface area (TPSA) is 63.3 Å². The van der Waals surface area contributed by atoms with Gasteiger partial charge in [0.25, 0.3) is 5.91 Å². The minimum atomic E-state index is -0.182. The summed E-state index contributed by atoms with van der Waals surface area (Å²) in [7, 11) is 4.13. The number of benzene rings is 1. The Hall–Kier alpha value is -2.60. The van der Waals surface area contributed by atoms with Crippen LogP contribution in [0.25, 0.3) is 10.9 Å². The van der Waals surface area contributed by atoms with Gasteiger partial charge in [-0.15, -0.1) is 0 Å². The van der Waals surface area contributed by atoms with E-state index in [0.717, 1.165) is 29.7 Å². The molecule has 3 aromatic rings. The van der Waals surface area contributed by atoms with Gasteiger partial charge in [0.15, 0.2) is 5.76 Å². The predicted octanol–water partition coefficient (Wildman–Crippen LogP) is 3.88. The molecule has 138 valence electrons. The van der Waals surface area contributed by atoms with E-state index in [2.05, 4.69) is 46.3 Å². The highest BCUT2D eigenvalue weighted by molar-refractivity contribution is 6.06. The number of hydrogen-bond donors (Lipinski definition) is 1. The molecule has 0 saturated heterocycles. The molecular weight excluding hydrogens is 328 g/mol. The van der Waals surface area contributed by atoms with Crippen molar-refractivity contribution in [3.63, 3.8) is 0 Å². The Kier molecular flexibility index (Phi) is 5.13. The van der Waals surface area contributed by atoms with Crippen molar-refractivity contribution < 1.29 is 9.32 Å². The first-order valence-corrected chi connectivity index (χ1v) is 8.88. The van der Waals surface area contributed by atoms with Gasteiger partial charge in [0.1, 0.15) is 5.56 Å². The molecule has 6 nitrogen and oxygen atoms in total. The lowest BCUT2D eigenvalue weighted by Crippen LogP contribution is -2.17. The van der Waals surface area contributed by atoms with E-state index in [9.17, 15) is 4.79 Å². The van der Waals surface area contributed by atoms with Crippen LogP contribution in [0.4, 0.5) is 5.69 Å². The molecule has 0 aliphatic carbocycles. The second kappa shape index (κ2) is 7.33. The highest BCUT2D eigenvalue weighted by Crippen LogP contribution is 2.25. The van der Waals surface area contributed by atoms with E-state index in [0.29, 0.717) is 17.0 Å². The highest BCUT2D eigenvalue weighted by Gasteiger charge is 2.22. The molecule has 0 unspecified atom stereocenters. The summed E-state index contributed by atoms with van der Waals surface area (Å²) in [4.78, 5) is 14.9. The Morgan fingerprint density at radius 3 is 2.77 bits per heavy atom. The molecule has 2 heterocycles. The molecule has 3 rings (SSSR count). The highest BCUT2D eigenvalue weighted by atomic mass is 16.5. The lowest BCUT2D eigenvalue weighted by atomic mass is 10.0. The van der Waals surface area contributed by atoms with Gasteiger partial charge in [-0.3, -0.25) is 4.79 Å². The third-order valence-electron chi connectivity index (χ3n) is 4.46. The molecule has 0 bridgehead atoms. The summed E-state index contributed by atoms with van der Waals surface area (Å²) >= 11 is 0. The van der Waals surface area contributed by atoms with E-state index in [1.807, 2.05) is 32.0 Å². The lowest BCUT2D eigenvalue weighted by molar-refractivity contribution is 0.102. The summed E-state index contributed by atoms with van der Waals surface area (Å²) in [6, 6.07) is 8.05. The molecule has 0 aliphatic rings. The van der Waals surface area contributed by atoms with E-state index in [1.54, 1.807) is 6.92 Å². The molecule has 26 heavy (non-hydrogen) atoms. The van der Waals surface area contributed by atoms with Crippen LogP contribution >= 0.6 is 0 Å². The van der Waals surface area contributed by atoms with Gasteiger partial charge >= 0.3 is 0 Å². The zero-order valence-electron chi connectivity index (χ0n) is 16.0. The smallest absolute Gasteiger partial charge is 0.261 e. The summed E-state index contributed by atoms with van der Waals surface area (Å²) in [5, 5.41) is 8.03. The minimum absolute atomic E-state index is 0.102. The summed E-state index contributed by atoms with van der Waals surface area (Å²) < 4.78 is 7.54. The Morgan fingerprint density at radius 2 is 2.08 bits per heavy atom. The van der Waals surface area contributed by atoms with Gasteiger partial charge in [-0.1, -0.05) is 19.0 Å². The molecule has 0 fully saturated rings. The van der Waals surface area contributed by atoms with Crippen molar-refractivity contribution in [2.75, 3.05) is 26.0 Å². The number of rotatable bonds is 6. The third kappa shape index (κ3) is 3.65. The van der Waals surface area contributed by atoms with E-state index in [1.165, 1.54) is 0 Å². The van der Waals surface area contributed by atoms with Crippen molar-refractivity contribution >= 4 is 22.5 Å². The molecule has 2 aromatic heterocycles. The second-order valence-corrected chi connectivity index (χ2v) is 7.20. The molecule has 0 saturated carbocycles. The first-order chi connectivity index (χ1) is 12.4. The molecule has 0 radical (unpaired) electrons. The molecule has 1 amide bonds. The van der Waals surface area contributed by atoms with E-state index in [4.69, 9.17) is 4.52 Å². The summed E-state index contributed by atoms with van der Waals surface area (Å²) in [5.74, 6) is 0.542. The number of aromatic nitrogens is 2. The number of amides is 1. The van der Waals surface area contributed by atoms with Crippen LogP contribution in [-0.2, 0) is 6.54 Å². The molecule has 0 aliphatic heterocycles. The molecule has 1 N–H and O–H groups in total. The Labute approximate surface area is 153 Å². The van der Waals surface area contributed by atoms with Crippen LogP contribution in [-0.4, -0.2) is 41.2 Å². The molecular formula is C20H26N4O2. The molecule has 0 spiro atoms. The van der Waals surface area contributed by atoms with E-state index in [-0.39, 0.29) is 11.8 Å². The van der Waals surface area contributed by atoms with Gasteiger partial charge in [-0.2, -0.15) is 0 Å². The molecule has 1 aromatic carbocycles. The number of carbonyl (C=O) groups excluding carboxylic acids is 1. The SMILES string of the molecule is Cc1noc(C(C)C)c1C(=O)Nc1ccc2c(ccn2CCN(C)C)c1. The summed E-state index contributed by atoms with van der Waals surface area (Å²) in [6.45, 7) is 7.67. The van der Waals surface area contributed by atoms with Gasteiger partial charge in [-0.05, 0) is 45.3 Å². The van der Waals surface area contributed by atoms with Crippen molar-refractivity contribution in [3.8, 4) is 0 Å². The minimum Gasteiger partial charge on any atom is -0.360 e. The second-order valence-electron chi connectivity index (χ2n) is 7.20. The van der Waals surface area contributed by atoms with Crippen LogP contribution in [0.3, 0.4) is 0 Å². The maximum absolute atomic E-state index is 12.7. The Bertz CT molecular complexity index is 921. The normalized spacial score (nSPS) is 11.7. The summed E-state index contributed by atoms with van der Waals surface area (Å²) in [5.41, 5.74) is 3.07. The van der Waals surface area contributed by atoms with Crippen molar-refractivity contribution in [2.45, 2.75) is 33.2 Å². The van der Waals surface area contributed by atoms with Crippen molar-refractivity contribution in [1.82, 2.24) is 14.6 Å². The van der Waals surface area contributed by atoms with Crippen LogP contribution in [0.15, 0.2) is 35.0 Å². The largest absolute Gasteiger partial charge is 0.360 e. The first kappa shape index (κ1) is 18.2. The Morgan fingerprint density at radius 1 is 1.31 bits per heavy atom. The summed E-state index contributed by atoms with van der Waals surface area (Å²) in [6.07, 6.45) is 2.08. The fraction of sp³-hybridized carbons (Fsp3) is 0.400. The van der Waals surface area contributed by atoms with Crippen molar-refractivity contribution in [1.29, 1.82) is 0 Å². The fourth-order valence-electron chi connectivity index (χ4n) is 3.03. The van der Waals surface area contributed by atoms with Gasteiger partial charge < -0.3 is 19.3 Å². The maximum Gasteiger partial charge on any atom is 0.261 e. The van der Waals surface area contributed by atoms with E-state index >= 15 is 0 Å². The van der Waals surface area contributed by atoms with Crippen LogP contribution in [0.5, 0.6) is 0 Å². The average molecular weight is 354 g/mol. The molecule has 6 heteroatoms. The van der Waals surface area contributed by atoms with Crippen LogP contribution in [0.2, 0.25) is 0 Å². The van der Waals surface area contributed by atoms with Gasteiger partial charge in [0, 0.05) is 41.8 Å². The lowest BCUT2D eigenvalue weighted by Gasteiger charge is -2.11. The molecule has 0 atom stereocenters. The van der Waals surface area contributed by atoms with Gasteiger partial charge in [0.2, 0.25) is 0 Å². The number of anilines is 1. The van der Waals surface area contributed by atoms with E-state index < -0.39 is 0 Å². The van der Waals surface area contributed by atoms with Crippen molar-refractivity contribution in [2.24, 2.45) is 0 Å². The quantitative estimate of drug-likeness (QED) is 0.730. The average Bonchev–Trinajstić information content (AvgIpc) is 3.16.